The smallest absolute Gasteiger partial charge is 0.227 e. The van der Waals surface area contributed by atoms with E-state index in [9.17, 15) is 4.79 Å². The first kappa shape index (κ1) is 11.6. The maximum atomic E-state index is 11.8. The predicted molar refractivity (Wildman–Crippen MR) is 66.1 cm³/mol. The second kappa shape index (κ2) is 4.99. The predicted octanol–water partition coefficient (Wildman–Crippen LogP) is 2.41. The van der Waals surface area contributed by atoms with Crippen LogP contribution in [0.3, 0.4) is 0 Å². The molecule has 17 heavy (non-hydrogen) atoms. The molecule has 1 fully saturated rings. The molecule has 7 heteroatoms. The zero-order valence-corrected chi connectivity index (χ0v) is 9.85. The van der Waals surface area contributed by atoms with Crippen LogP contribution in [0, 0.1) is 10.6 Å². The third kappa shape index (κ3) is 2.46. The van der Waals surface area contributed by atoms with Crippen LogP contribution >= 0.6 is 12.2 Å². The summed E-state index contributed by atoms with van der Waals surface area (Å²) in [5, 5.41) is 3.51. The highest BCUT2D eigenvalue weighted by atomic mass is 32.1. The van der Waals surface area contributed by atoms with Crippen molar-refractivity contribution in [2.45, 2.75) is 6.42 Å². The van der Waals surface area contributed by atoms with Crippen LogP contribution in [0.1, 0.15) is 6.42 Å². The van der Waals surface area contributed by atoms with E-state index in [0.29, 0.717) is 24.2 Å². The number of pyridine rings is 1. The lowest BCUT2D eigenvalue weighted by Crippen LogP contribution is -2.25. The maximum Gasteiger partial charge on any atom is 0.227 e. The van der Waals surface area contributed by atoms with E-state index < -0.39 is 0 Å². The van der Waals surface area contributed by atoms with Crippen molar-refractivity contribution >= 4 is 23.8 Å². The first-order chi connectivity index (χ1) is 8.22. The number of carbonyl (C=O) groups is 1. The first-order valence-electron chi connectivity index (χ1n) is 5.21. The van der Waals surface area contributed by atoms with E-state index in [4.69, 9.17) is 17.7 Å². The van der Waals surface area contributed by atoms with Crippen LogP contribution in [0.15, 0.2) is 23.4 Å². The monoisotopic (exact) mass is 249 g/mol. The minimum atomic E-state index is 0.0221. The van der Waals surface area contributed by atoms with Crippen LogP contribution < -0.4 is 4.90 Å². The molecule has 1 atom stereocenters. The summed E-state index contributed by atoms with van der Waals surface area (Å²) in [5.74, 6) is 0.0989. The maximum absolute atomic E-state index is 11.8. The highest BCUT2D eigenvalue weighted by Crippen LogP contribution is 2.25. The molecular weight excluding hydrogens is 238 g/mol. The molecule has 0 bridgehead atoms. The number of aromatic nitrogens is 1. The van der Waals surface area contributed by atoms with Gasteiger partial charge in [-0.15, -0.1) is 0 Å². The second-order valence-electron chi connectivity index (χ2n) is 3.87. The molecule has 1 aromatic heterocycles. The minimum absolute atomic E-state index is 0.0221. The Bertz CT molecular complexity index is 533. The van der Waals surface area contributed by atoms with Crippen LogP contribution in [0.5, 0.6) is 0 Å². The Balaban J connectivity index is 2.19. The topological polar surface area (TPSA) is 84.9 Å². The Hall–Kier alpha value is -1.85. The van der Waals surface area contributed by atoms with Crippen molar-refractivity contribution < 1.29 is 4.79 Å². The molecule has 0 aromatic carbocycles. The van der Waals surface area contributed by atoms with Crippen LogP contribution in [0.25, 0.3) is 10.4 Å². The van der Waals surface area contributed by atoms with Crippen LogP contribution in [-0.2, 0) is 4.79 Å². The third-order valence-corrected chi connectivity index (χ3v) is 3.02. The fraction of sp³-hybridized carbons (Fsp3) is 0.400. The van der Waals surface area contributed by atoms with Gasteiger partial charge in [0.25, 0.3) is 0 Å². The number of H-pyrrole nitrogens is 1. The number of rotatable bonds is 3. The average Bonchev–Trinajstić information content (AvgIpc) is 2.68. The molecule has 1 amide bonds. The van der Waals surface area contributed by atoms with Crippen LogP contribution in [0.2, 0.25) is 0 Å². The molecule has 0 radical (unpaired) electrons. The number of anilines is 1. The lowest BCUT2D eigenvalue weighted by atomic mass is 10.1. The molecule has 6 nitrogen and oxygen atoms in total. The van der Waals surface area contributed by atoms with Gasteiger partial charge >= 0.3 is 0 Å². The fourth-order valence-electron chi connectivity index (χ4n) is 1.91. The molecule has 1 aliphatic rings. The van der Waals surface area contributed by atoms with E-state index in [1.165, 1.54) is 0 Å². The molecule has 1 saturated heterocycles. The van der Waals surface area contributed by atoms with Gasteiger partial charge in [-0.05, 0) is 23.6 Å². The Labute approximate surface area is 103 Å². The highest BCUT2D eigenvalue weighted by Gasteiger charge is 2.30. The van der Waals surface area contributed by atoms with Gasteiger partial charge in [0.1, 0.15) is 4.64 Å². The molecule has 1 unspecified atom stereocenters. The molecule has 0 saturated carbocycles. The Morgan fingerprint density at radius 1 is 1.71 bits per heavy atom. The summed E-state index contributed by atoms with van der Waals surface area (Å²) in [6, 6.07) is 3.62. The van der Waals surface area contributed by atoms with Gasteiger partial charge in [-0.3, -0.25) is 4.79 Å². The molecule has 0 spiro atoms. The van der Waals surface area contributed by atoms with Gasteiger partial charge in [-0.25, -0.2) is 0 Å². The van der Waals surface area contributed by atoms with Crippen molar-refractivity contribution in [1.29, 1.82) is 0 Å². The Kier molecular flexibility index (Phi) is 3.41. The Morgan fingerprint density at radius 2 is 2.53 bits per heavy atom. The van der Waals surface area contributed by atoms with Crippen molar-refractivity contribution in [3.8, 4) is 0 Å². The largest absolute Gasteiger partial charge is 0.351 e. The Morgan fingerprint density at radius 3 is 3.24 bits per heavy atom. The molecule has 1 aliphatic heterocycles. The normalized spacial score (nSPS) is 19.2. The van der Waals surface area contributed by atoms with Crippen molar-refractivity contribution in [2.24, 2.45) is 11.0 Å². The lowest BCUT2D eigenvalue weighted by Gasteiger charge is -2.15. The molecule has 0 aliphatic carbocycles. The first-order valence-corrected chi connectivity index (χ1v) is 5.62. The van der Waals surface area contributed by atoms with Gasteiger partial charge in [0.05, 0.1) is 5.69 Å². The van der Waals surface area contributed by atoms with Gasteiger partial charge < -0.3 is 9.88 Å². The number of azide groups is 1. The van der Waals surface area contributed by atoms with Gasteiger partial charge in [-0.2, -0.15) is 0 Å². The van der Waals surface area contributed by atoms with E-state index >= 15 is 0 Å². The van der Waals surface area contributed by atoms with Crippen molar-refractivity contribution in [1.82, 2.24) is 4.98 Å². The summed E-state index contributed by atoms with van der Waals surface area (Å²) in [6.45, 7) is 0.904. The van der Waals surface area contributed by atoms with E-state index in [-0.39, 0.29) is 11.8 Å². The summed E-state index contributed by atoms with van der Waals surface area (Å²) < 4.78 is 0.547. The van der Waals surface area contributed by atoms with Crippen LogP contribution in [0.4, 0.5) is 5.69 Å². The third-order valence-electron chi connectivity index (χ3n) is 2.70. The quantitative estimate of drug-likeness (QED) is 0.386. The van der Waals surface area contributed by atoms with Crippen LogP contribution in [-0.4, -0.2) is 24.0 Å². The highest BCUT2D eigenvalue weighted by molar-refractivity contribution is 7.71. The molecule has 1 N–H and O–H groups in total. The number of nitrogens with zero attached hydrogens (tertiary/aromatic N) is 4. The fourth-order valence-corrected chi connectivity index (χ4v) is 2.16. The molecular formula is C10H11N5OS. The number of aromatic amines is 1. The summed E-state index contributed by atoms with van der Waals surface area (Å²) in [7, 11) is 0. The van der Waals surface area contributed by atoms with E-state index in [2.05, 4.69) is 15.0 Å². The summed E-state index contributed by atoms with van der Waals surface area (Å²) in [5.41, 5.74) is 8.98. The van der Waals surface area contributed by atoms with Gasteiger partial charge in [-0.1, -0.05) is 17.3 Å². The standard InChI is InChI=1S/C10H11N5OS/c11-14-13-5-7-4-9(16)15(6-7)8-2-1-3-12-10(8)17/h1-3,7H,4-6H2,(H,12,17). The summed E-state index contributed by atoms with van der Waals surface area (Å²) >= 11 is 5.14. The van der Waals surface area contributed by atoms with Crippen molar-refractivity contribution in [3.05, 3.63) is 33.4 Å². The zero-order valence-electron chi connectivity index (χ0n) is 9.04. The molecule has 2 rings (SSSR count). The van der Waals surface area contributed by atoms with Crippen molar-refractivity contribution in [2.75, 3.05) is 18.0 Å². The zero-order chi connectivity index (χ0) is 12.3. The SMILES string of the molecule is [N-]=[N+]=NCC1CC(=O)N(c2ccc[nH]c2=S)C1. The molecule has 88 valence electrons. The number of nitrogens with one attached hydrogen (secondary N) is 1. The van der Waals surface area contributed by atoms with E-state index in [0.717, 1.165) is 5.69 Å². The number of hydrogen-bond donors (Lipinski definition) is 1. The van der Waals surface area contributed by atoms with E-state index in [1.54, 1.807) is 17.2 Å². The van der Waals surface area contributed by atoms with Gasteiger partial charge in [0, 0.05) is 30.6 Å². The average molecular weight is 249 g/mol. The van der Waals surface area contributed by atoms with Gasteiger partial charge in [0.15, 0.2) is 0 Å². The molecule has 1 aromatic rings. The van der Waals surface area contributed by atoms with Gasteiger partial charge in [0.2, 0.25) is 5.91 Å². The lowest BCUT2D eigenvalue weighted by molar-refractivity contribution is -0.117. The number of amides is 1. The summed E-state index contributed by atoms with van der Waals surface area (Å²) in [4.78, 5) is 19.1. The van der Waals surface area contributed by atoms with Crippen molar-refractivity contribution in [3.63, 3.8) is 0 Å². The minimum Gasteiger partial charge on any atom is -0.351 e. The number of carbonyl (C=O) groups excluding carboxylic acids is 1. The van der Waals surface area contributed by atoms with E-state index in [1.807, 2.05) is 6.07 Å². The molecule has 2 heterocycles. The number of hydrogen-bond acceptors (Lipinski definition) is 3. The summed E-state index contributed by atoms with van der Waals surface area (Å²) in [6.07, 6.45) is 2.13. The second-order valence-corrected chi connectivity index (χ2v) is 4.28.